The van der Waals surface area contributed by atoms with Gasteiger partial charge in [-0.25, -0.2) is 9.21 Å². The molecule has 0 saturated carbocycles. The molecule has 0 atom stereocenters. The number of carbonyl (C=O) groups excluding carboxylic acids is 1. The maximum Gasteiger partial charge on any atom is 0.353 e. The van der Waals surface area contributed by atoms with Crippen LogP contribution < -0.4 is 0 Å². The van der Waals surface area contributed by atoms with Crippen molar-refractivity contribution in [3.63, 3.8) is 0 Å². The molecule has 0 rings (SSSR count). The van der Waals surface area contributed by atoms with Gasteiger partial charge in [-0.15, -0.1) is 0 Å². The molecule has 4 nitrogen and oxygen atoms in total. The Bertz CT molecular complexity index is 202. The van der Waals surface area contributed by atoms with E-state index in [1.54, 1.807) is 6.92 Å². The Kier molecular flexibility index (Phi) is 3.60. The predicted octanol–water partition coefficient (Wildman–Crippen LogP) is 0.977. The van der Waals surface area contributed by atoms with Crippen LogP contribution in [0.1, 0.15) is 13.3 Å². The first-order valence-corrected chi connectivity index (χ1v) is 3.25. The third kappa shape index (κ3) is 2.59. The third-order valence-electron chi connectivity index (χ3n) is 1.01. The van der Waals surface area contributed by atoms with Crippen LogP contribution in [0.25, 0.3) is 0 Å². The first-order valence-electron chi connectivity index (χ1n) is 2.91. The zero-order valence-corrected chi connectivity index (χ0v) is 6.76. The molecule has 1 N–H and O–H groups in total. The smallest absolute Gasteiger partial charge is 0.353 e. The molecule has 1 amide bonds. The number of nitrogens with zero attached hydrogens (tertiary/aromatic N) is 1. The summed E-state index contributed by atoms with van der Waals surface area (Å²) in [5, 5.41) is 8.32. The molecular weight excluding hydrogens is 170 g/mol. The summed E-state index contributed by atoms with van der Waals surface area (Å²) in [6, 6.07) is 0. The lowest BCUT2D eigenvalue weighted by molar-refractivity contribution is -0.137. The standard InChI is InChI=1S/C6H8ClNO3/c1-3-5(9)8(7)4(2)6(10)11/h2-3H2,1H3,(H,10,11). The molecule has 0 spiro atoms. The topological polar surface area (TPSA) is 57.6 Å². The van der Waals surface area contributed by atoms with Crippen LogP contribution in [-0.2, 0) is 9.59 Å². The predicted molar refractivity (Wildman–Crippen MR) is 39.8 cm³/mol. The summed E-state index contributed by atoms with van der Waals surface area (Å²) < 4.78 is 0.502. The van der Waals surface area contributed by atoms with Crippen molar-refractivity contribution >= 4 is 23.7 Å². The Morgan fingerprint density at radius 3 is 2.36 bits per heavy atom. The molecule has 0 heterocycles. The SMILES string of the molecule is C=C(C(=O)O)N(Cl)C(=O)CC. The molecule has 0 radical (unpaired) electrons. The highest BCUT2D eigenvalue weighted by Crippen LogP contribution is 2.07. The first-order chi connectivity index (χ1) is 5.00. The van der Waals surface area contributed by atoms with Gasteiger partial charge in [-0.05, 0) is 0 Å². The number of carboxylic acids is 1. The van der Waals surface area contributed by atoms with Crippen molar-refractivity contribution in [3.05, 3.63) is 12.3 Å². The van der Waals surface area contributed by atoms with Crippen LogP contribution in [-0.4, -0.2) is 21.4 Å². The van der Waals surface area contributed by atoms with Crippen molar-refractivity contribution in [1.82, 2.24) is 4.42 Å². The molecule has 0 unspecified atom stereocenters. The minimum absolute atomic E-state index is 0.149. The minimum atomic E-state index is -1.30. The van der Waals surface area contributed by atoms with Gasteiger partial charge >= 0.3 is 5.97 Å². The summed E-state index contributed by atoms with van der Waals surface area (Å²) in [4.78, 5) is 20.9. The van der Waals surface area contributed by atoms with Gasteiger partial charge in [-0.2, -0.15) is 0 Å². The van der Waals surface area contributed by atoms with E-state index in [9.17, 15) is 9.59 Å². The molecule has 5 heteroatoms. The van der Waals surface area contributed by atoms with Crippen molar-refractivity contribution in [3.8, 4) is 0 Å². The van der Waals surface area contributed by atoms with Crippen molar-refractivity contribution in [1.29, 1.82) is 0 Å². The number of hydrogen-bond acceptors (Lipinski definition) is 2. The van der Waals surface area contributed by atoms with Crippen molar-refractivity contribution in [2.24, 2.45) is 0 Å². The summed E-state index contributed by atoms with van der Waals surface area (Å²) in [6.07, 6.45) is 0.149. The van der Waals surface area contributed by atoms with Gasteiger partial charge in [-0.3, -0.25) is 4.79 Å². The molecular formula is C6H8ClNO3. The maximum absolute atomic E-state index is 10.7. The number of halogens is 1. The molecule has 0 aromatic rings. The van der Waals surface area contributed by atoms with E-state index in [4.69, 9.17) is 16.9 Å². The van der Waals surface area contributed by atoms with Crippen LogP contribution in [0.15, 0.2) is 12.3 Å². The van der Waals surface area contributed by atoms with Gasteiger partial charge < -0.3 is 5.11 Å². The van der Waals surface area contributed by atoms with Crippen molar-refractivity contribution < 1.29 is 14.7 Å². The van der Waals surface area contributed by atoms with E-state index in [2.05, 4.69) is 6.58 Å². The fourth-order valence-electron chi connectivity index (χ4n) is 0.373. The molecule has 0 aromatic heterocycles. The number of amides is 1. The first kappa shape index (κ1) is 9.97. The number of rotatable bonds is 3. The lowest BCUT2D eigenvalue weighted by Gasteiger charge is -2.10. The van der Waals surface area contributed by atoms with E-state index in [0.717, 1.165) is 0 Å². The van der Waals surface area contributed by atoms with E-state index < -0.39 is 17.6 Å². The Balaban J connectivity index is 4.25. The monoisotopic (exact) mass is 177 g/mol. The summed E-state index contributed by atoms with van der Waals surface area (Å²) in [7, 11) is 0. The lowest BCUT2D eigenvalue weighted by Crippen LogP contribution is -2.23. The minimum Gasteiger partial charge on any atom is -0.477 e. The Morgan fingerprint density at radius 2 is 2.09 bits per heavy atom. The zero-order chi connectivity index (χ0) is 9.02. The number of carboxylic acid groups (broad SMARTS) is 1. The summed E-state index contributed by atoms with van der Waals surface area (Å²) in [6.45, 7) is 4.67. The van der Waals surface area contributed by atoms with Crippen LogP contribution in [0, 0.1) is 0 Å². The number of aliphatic carboxylic acids is 1. The summed E-state index contributed by atoms with van der Waals surface area (Å²) >= 11 is 5.28. The molecule has 0 bridgehead atoms. The second-order valence-electron chi connectivity index (χ2n) is 1.78. The van der Waals surface area contributed by atoms with Crippen molar-refractivity contribution in [2.45, 2.75) is 13.3 Å². The van der Waals surface area contributed by atoms with Crippen LogP contribution >= 0.6 is 11.8 Å². The molecule has 11 heavy (non-hydrogen) atoms. The highest BCUT2D eigenvalue weighted by Gasteiger charge is 2.17. The second-order valence-corrected chi connectivity index (χ2v) is 2.12. The fraction of sp³-hybridized carbons (Fsp3) is 0.333. The molecule has 0 aliphatic rings. The fourth-order valence-corrected chi connectivity index (χ4v) is 0.565. The summed E-state index contributed by atoms with van der Waals surface area (Å²) in [5.41, 5.74) is -0.432. The highest BCUT2D eigenvalue weighted by molar-refractivity contribution is 6.24. The number of carbonyl (C=O) groups is 2. The average Bonchev–Trinajstić information content (AvgIpc) is 2.00. The normalized spacial score (nSPS) is 8.91. The van der Waals surface area contributed by atoms with E-state index in [1.165, 1.54) is 0 Å². The lowest BCUT2D eigenvalue weighted by atomic mass is 10.4. The van der Waals surface area contributed by atoms with E-state index in [1.807, 2.05) is 0 Å². The van der Waals surface area contributed by atoms with Gasteiger partial charge in [0.25, 0.3) is 0 Å². The molecule has 0 aromatic carbocycles. The van der Waals surface area contributed by atoms with Crippen LogP contribution in [0.4, 0.5) is 0 Å². The quantitative estimate of drug-likeness (QED) is 0.517. The third-order valence-corrected chi connectivity index (χ3v) is 1.40. The van der Waals surface area contributed by atoms with Crippen LogP contribution in [0.5, 0.6) is 0 Å². The van der Waals surface area contributed by atoms with Gasteiger partial charge in [0.1, 0.15) is 5.70 Å². The van der Waals surface area contributed by atoms with Crippen LogP contribution in [0.2, 0.25) is 0 Å². The van der Waals surface area contributed by atoms with E-state index in [-0.39, 0.29) is 6.42 Å². The van der Waals surface area contributed by atoms with Gasteiger partial charge in [0, 0.05) is 18.2 Å². The molecule has 0 saturated heterocycles. The molecule has 62 valence electrons. The summed E-state index contributed by atoms with van der Waals surface area (Å²) in [5.74, 6) is -1.79. The van der Waals surface area contributed by atoms with Gasteiger partial charge in [0.05, 0.1) is 0 Å². The molecule has 0 fully saturated rings. The Labute approximate surface area is 69.2 Å². The maximum atomic E-state index is 10.7. The Morgan fingerprint density at radius 1 is 1.64 bits per heavy atom. The zero-order valence-electron chi connectivity index (χ0n) is 6.00. The second kappa shape index (κ2) is 3.98. The average molecular weight is 178 g/mol. The van der Waals surface area contributed by atoms with Gasteiger partial charge in [0.15, 0.2) is 0 Å². The Hall–Kier alpha value is -1.03. The largest absolute Gasteiger partial charge is 0.477 e. The molecule has 0 aliphatic heterocycles. The van der Waals surface area contributed by atoms with Crippen molar-refractivity contribution in [2.75, 3.05) is 0 Å². The van der Waals surface area contributed by atoms with E-state index >= 15 is 0 Å². The van der Waals surface area contributed by atoms with Gasteiger partial charge in [-0.1, -0.05) is 13.5 Å². The van der Waals surface area contributed by atoms with Crippen LogP contribution in [0.3, 0.4) is 0 Å². The van der Waals surface area contributed by atoms with E-state index in [0.29, 0.717) is 4.42 Å². The van der Waals surface area contributed by atoms with Gasteiger partial charge in [0.2, 0.25) is 5.91 Å². The number of hydrogen-bond donors (Lipinski definition) is 1. The highest BCUT2D eigenvalue weighted by atomic mass is 35.5. The molecule has 0 aliphatic carbocycles.